The minimum atomic E-state index is -0.151. The van der Waals surface area contributed by atoms with E-state index in [1.165, 1.54) is 6.20 Å². The van der Waals surface area contributed by atoms with Crippen molar-refractivity contribution in [2.24, 2.45) is 11.8 Å². The summed E-state index contributed by atoms with van der Waals surface area (Å²) in [5, 5.41) is 2.85. The van der Waals surface area contributed by atoms with Crippen LogP contribution < -0.4 is 16.6 Å². The van der Waals surface area contributed by atoms with Crippen molar-refractivity contribution in [2.45, 2.75) is 6.92 Å². The first-order chi connectivity index (χ1) is 8.17. The molecule has 0 bridgehead atoms. The number of amides is 1. The second-order valence-corrected chi connectivity index (χ2v) is 4.76. The molecule has 1 unspecified atom stereocenters. The molecule has 0 radical (unpaired) electrons. The largest absolute Gasteiger partial charge is 0.350 e. The summed E-state index contributed by atoms with van der Waals surface area (Å²) in [6.07, 6.45) is 3.58. The number of hydrogen-bond donors (Lipinski definition) is 3. The van der Waals surface area contributed by atoms with Crippen molar-refractivity contribution in [1.82, 2.24) is 10.3 Å². The number of aromatic nitrogens is 1. The average molecular weight is 254 g/mol. The van der Waals surface area contributed by atoms with Gasteiger partial charge in [-0.25, -0.2) is 4.98 Å². The highest BCUT2D eigenvalue weighted by molar-refractivity contribution is 7.98. The van der Waals surface area contributed by atoms with Gasteiger partial charge in [0, 0.05) is 6.54 Å². The first-order valence-corrected chi connectivity index (χ1v) is 6.76. The molecule has 0 aliphatic heterocycles. The van der Waals surface area contributed by atoms with Gasteiger partial charge in [-0.05, 0) is 30.1 Å². The molecular weight excluding hydrogens is 236 g/mol. The topological polar surface area (TPSA) is 80.0 Å². The summed E-state index contributed by atoms with van der Waals surface area (Å²) in [4.78, 5) is 15.7. The highest BCUT2D eigenvalue weighted by Crippen LogP contribution is 2.05. The van der Waals surface area contributed by atoms with E-state index >= 15 is 0 Å². The number of carbonyl (C=O) groups is 1. The normalized spacial score (nSPS) is 11.9. The maximum atomic E-state index is 11.7. The predicted molar refractivity (Wildman–Crippen MR) is 71.9 cm³/mol. The Morgan fingerprint density at radius 2 is 2.35 bits per heavy atom. The standard InChI is InChI=1S/C11H18N4OS/c1-8(7-17-2)5-14-11(16)10-4-3-9(15-12)6-13-10/h3-4,6,8,15H,5,7,12H2,1-2H3,(H,14,16). The van der Waals surface area contributed by atoms with Crippen molar-refractivity contribution in [3.63, 3.8) is 0 Å². The van der Waals surface area contributed by atoms with E-state index in [0.29, 0.717) is 23.8 Å². The van der Waals surface area contributed by atoms with Gasteiger partial charge in [-0.15, -0.1) is 0 Å². The molecule has 1 heterocycles. The fraction of sp³-hybridized carbons (Fsp3) is 0.455. The van der Waals surface area contributed by atoms with Gasteiger partial charge in [0.25, 0.3) is 5.91 Å². The van der Waals surface area contributed by atoms with E-state index < -0.39 is 0 Å². The van der Waals surface area contributed by atoms with Crippen LogP contribution in [0.25, 0.3) is 0 Å². The molecule has 1 aromatic heterocycles. The van der Waals surface area contributed by atoms with Gasteiger partial charge < -0.3 is 10.7 Å². The highest BCUT2D eigenvalue weighted by Gasteiger charge is 2.08. The maximum absolute atomic E-state index is 11.7. The van der Waals surface area contributed by atoms with Gasteiger partial charge >= 0.3 is 0 Å². The molecule has 0 fully saturated rings. The van der Waals surface area contributed by atoms with Crippen LogP contribution in [0.3, 0.4) is 0 Å². The molecule has 6 heteroatoms. The van der Waals surface area contributed by atoms with Crippen molar-refractivity contribution in [2.75, 3.05) is 24.0 Å². The number of thioether (sulfide) groups is 1. The fourth-order valence-electron chi connectivity index (χ4n) is 1.31. The molecule has 0 aromatic carbocycles. The van der Waals surface area contributed by atoms with E-state index in [-0.39, 0.29) is 5.91 Å². The third kappa shape index (κ3) is 4.62. The van der Waals surface area contributed by atoms with Crippen LogP contribution in [-0.2, 0) is 0 Å². The molecule has 0 saturated heterocycles. The molecule has 94 valence electrons. The third-order valence-electron chi connectivity index (χ3n) is 2.23. The second kappa shape index (κ2) is 7.13. The lowest BCUT2D eigenvalue weighted by atomic mass is 10.2. The lowest BCUT2D eigenvalue weighted by Gasteiger charge is -2.10. The van der Waals surface area contributed by atoms with Gasteiger partial charge in [0.1, 0.15) is 5.69 Å². The average Bonchev–Trinajstić information content (AvgIpc) is 2.36. The van der Waals surface area contributed by atoms with Crippen molar-refractivity contribution in [1.29, 1.82) is 0 Å². The summed E-state index contributed by atoms with van der Waals surface area (Å²) in [7, 11) is 0. The maximum Gasteiger partial charge on any atom is 0.269 e. The van der Waals surface area contributed by atoms with Gasteiger partial charge in [0.15, 0.2) is 0 Å². The summed E-state index contributed by atoms with van der Waals surface area (Å²) < 4.78 is 0. The summed E-state index contributed by atoms with van der Waals surface area (Å²) >= 11 is 1.77. The molecule has 4 N–H and O–H groups in total. The van der Waals surface area contributed by atoms with Gasteiger partial charge in [-0.1, -0.05) is 6.92 Å². The smallest absolute Gasteiger partial charge is 0.269 e. The lowest BCUT2D eigenvalue weighted by molar-refractivity contribution is 0.0944. The molecule has 0 aliphatic carbocycles. The number of rotatable bonds is 6. The van der Waals surface area contributed by atoms with Crippen LogP contribution in [0.5, 0.6) is 0 Å². The predicted octanol–water partition coefficient (Wildman–Crippen LogP) is 1.10. The van der Waals surface area contributed by atoms with E-state index in [4.69, 9.17) is 5.84 Å². The lowest BCUT2D eigenvalue weighted by Crippen LogP contribution is -2.29. The van der Waals surface area contributed by atoms with E-state index in [0.717, 1.165) is 5.75 Å². The quantitative estimate of drug-likeness (QED) is 0.523. The fourth-order valence-corrected chi connectivity index (χ4v) is 2.00. The minimum absolute atomic E-state index is 0.151. The van der Waals surface area contributed by atoms with Crippen molar-refractivity contribution >= 4 is 23.4 Å². The second-order valence-electron chi connectivity index (χ2n) is 3.85. The van der Waals surface area contributed by atoms with Gasteiger partial charge in [-0.2, -0.15) is 11.8 Å². The molecular formula is C11H18N4OS. The Hall–Kier alpha value is -1.27. The number of pyridine rings is 1. The Bertz CT molecular complexity index is 355. The number of nitrogens with one attached hydrogen (secondary N) is 2. The number of nitrogens with zero attached hydrogens (tertiary/aromatic N) is 1. The third-order valence-corrected chi connectivity index (χ3v) is 3.13. The zero-order valence-electron chi connectivity index (χ0n) is 10.1. The van der Waals surface area contributed by atoms with Crippen LogP contribution in [-0.4, -0.2) is 29.4 Å². The van der Waals surface area contributed by atoms with Crippen LogP contribution in [0.4, 0.5) is 5.69 Å². The van der Waals surface area contributed by atoms with E-state index in [2.05, 4.69) is 28.9 Å². The SMILES string of the molecule is CSCC(C)CNC(=O)c1ccc(NN)cn1. The van der Waals surface area contributed by atoms with Crippen LogP contribution in [0.15, 0.2) is 18.3 Å². The Morgan fingerprint density at radius 3 is 2.88 bits per heavy atom. The first kappa shape index (κ1) is 13.8. The van der Waals surface area contributed by atoms with Crippen LogP contribution in [0.1, 0.15) is 17.4 Å². The van der Waals surface area contributed by atoms with E-state index in [9.17, 15) is 4.79 Å². The summed E-state index contributed by atoms with van der Waals surface area (Å²) in [6.45, 7) is 2.77. The van der Waals surface area contributed by atoms with Gasteiger partial charge in [0.2, 0.25) is 0 Å². The number of hydrogen-bond acceptors (Lipinski definition) is 5. The van der Waals surface area contributed by atoms with E-state index in [1.807, 2.05) is 0 Å². The van der Waals surface area contributed by atoms with Crippen molar-refractivity contribution < 1.29 is 4.79 Å². The molecule has 1 amide bonds. The Balaban J connectivity index is 2.46. The molecule has 1 rings (SSSR count). The van der Waals surface area contributed by atoms with E-state index in [1.54, 1.807) is 23.9 Å². The number of nitrogens with two attached hydrogens (primary N) is 1. The highest BCUT2D eigenvalue weighted by atomic mass is 32.2. The number of nitrogen functional groups attached to an aromatic ring is 1. The summed E-state index contributed by atoms with van der Waals surface area (Å²) in [5.41, 5.74) is 3.54. The molecule has 0 spiro atoms. The zero-order valence-corrected chi connectivity index (χ0v) is 10.9. The molecule has 0 saturated carbocycles. The molecule has 1 atom stereocenters. The minimum Gasteiger partial charge on any atom is -0.350 e. The Morgan fingerprint density at radius 1 is 1.59 bits per heavy atom. The van der Waals surface area contributed by atoms with Gasteiger partial charge in [0.05, 0.1) is 11.9 Å². The van der Waals surface area contributed by atoms with Gasteiger partial charge in [-0.3, -0.25) is 10.6 Å². The molecule has 0 aliphatic rings. The number of hydrazine groups is 1. The first-order valence-electron chi connectivity index (χ1n) is 5.37. The van der Waals surface area contributed by atoms with Crippen LogP contribution in [0.2, 0.25) is 0 Å². The van der Waals surface area contributed by atoms with Crippen molar-refractivity contribution in [3.8, 4) is 0 Å². The monoisotopic (exact) mass is 254 g/mol. The summed E-state index contributed by atoms with van der Waals surface area (Å²) in [6, 6.07) is 3.36. The molecule has 1 aromatic rings. The Labute approximate surface area is 106 Å². The molecule has 17 heavy (non-hydrogen) atoms. The Kier molecular flexibility index (Phi) is 5.79. The summed E-state index contributed by atoms with van der Waals surface area (Å²) in [5.74, 6) is 6.55. The zero-order chi connectivity index (χ0) is 12.7. The van der Waals surface area contributed by atoms with Crippen molar-refractivity contribution in [3.05, 3.63) is 24.0 Å². The number of anilines is 1. The number of carbonyl (C=O) groups excluding carboxylic acids is 1. The van der Waals surface area contributed by atoms with Crippen LogP contribution in [0, 0.1) is 5.92 Å². The molecule has 5 nitrogen and oxygen atoms in total. The van der Waals surface area contributed by atoms with Crippen LogP contribution >= 0.6 is 11.8 Å².